The van der Waals surface area contributed by atoms with Gasteiger partial charge in [0.05, 0.1) is 25.6 Å². The number of carbonyl (C=O) groups is 1. The van der Waals surface area contributed by atoms with Crippen LogP contribution in [0.15, 0.2) is 36.9 Å². The fourth-order valence-corrected chi connectivity index (χ4v) is 3.25. The zero-order chi connectivity index (χ0) is 17.1. The Bertz CT molecular complexity index is 705. The molecule has 1 saturated carbocycles. The summed E-state index contributed by atoms with van der Waals surface area (Å²) >= 11 is 0. The van der Waals surface area contributed by atoms with Crippen molar-refractivity contribution in [3.05, 3.63) is 48.3 Å². The number of amides is 1. The fourth-order valence-electron chi connectivity index (χ4n) is 3.25. The Hall–Kier alpha value is -2.41. The van der Waals surface area contributed by atoms with E-state index in [2.05, 4.69) is 10.3 Å². The molecule has 2 N–H and O–H groups in total. The van der Waals surface area contributed by atoms with E-state index in [-0.39, 0.29) is 17.2 Å². The van der Waals surface area contributed by atoms with Crippen molar-refractivity contribution in [3.63, 3.8) is 0 Å². The number of methoxy groups -OCH3 is 1. The lowest BCUT2D eigenvalue weighted by molar-refractivity contribution is 0.0865. The molecule has 7 heteroatoms. The highest BCUT2D eigenvalue weighted by Crippen LogP contribution is 2.29. The van der Waals surface area contributed by atoms with E-state index in [9.17, 15) is 14.3 Å². The summed E-state index contributed by atoms with van der Waals surface area (Å²) in [6.07, 6.45) is 5.85. The van der Waals surface area contributed by atoms with Gasteiger partial charge in [0.15, 0.2) is 0 Å². The van der Waals surface area contributed by atoms with Crippen LogP contribution < -0.4 is 10.1 Å². The van der Waals surface area contributed by atoms with Crippen LogP contribution in [0.1, 0.15) is 23.2 Å². The van der Waals surface area contributed by atoms with Crippen molar-refractivity contribution in [1.82, 2.24) is 14.9 Å². The summed E-state index contributed by atoms with van der Waals surface area (Å²) in [5.74, 6) is -0.816. The predicted molar refractivity (Wildman–Crippen MR) is 85.2 cm³/mol. The number of benzene rings is 1. The molecule has 6 nitrogen and oxygen atoms in total. The van der Waals surface area contributed by atoms with E-state index >= 15 is 0 Å². The van der Waals surface area contributed by atoms with Gasteiger partial charge in [0.1, 0.15) is 17.1 Å². The molecule has 1 aliphatic rings. The van der Waals surface area contributed by atoms with Crippen molar-refractivity contribution in [2.75, 3.05) is 7.11 Å². The fraction of sp³-hybridized carbons (Fsp3) is 0.412. The second-order valence-corrected chi connectivity index (χ2v) is 6.06. The van der Waals surface area contributed by atoms with Crippen LogP contribution in [0.2, 0.25) is 0 Å². The van der Waals surface area contributed by atoms with Gasteiger partial charge in [-0.1, -0.05) is 6.07 Å². The standard InChI is InChI=1S/C17H20FN3O3/c1-24-15-4-2-3-12(18)16(15)17(23)20-13-7-11(8-14(13)22)9-21-6-5-19-10-21/h2-6,10-11,13-14,22H,7-9H2,1H3,(H,20,23)/t11?,13-,14-/m1/s1. The molecule has 3 rings (SSSR count). The van der Waals surface area contributed by atoms with E-state index in [1.54, 1.807) is 12.5 Å². The molecule has 0 bridgehead atoms. The van der Waals surface area contributed by atoms with Gasteiger partial charge in [-0.05, 0) is 30.9 Å². The second kappa shape index (κ2) is 7.00. The molecule has 0 radical (unpaired) electrons. The average Bonchev–Trinajstić information content (AvgIpc) is 3.17. The first-order chi connectivity index (χ1) is 11.6. The highest BCUT2D eigenvalue weighted by atomic mass is 19.1. The van der Waals surface area contributed by atoms with Crippen LogP contribution in [0.4, 0.5) is 4.39 Å². The normalized spacial score (nSPS) is 23.2. The van der Waals surface area contributed by atoms with Crippen LogP contribution in [0.5, 0.6) is 5.75 Å². The van der Waals surface area contributed by atoms with Crippen molar-refractivity contribution in [2.24, 2.45) is 5.92 Å². The number of imidazole rings is 1. The zero-order valence-electron chi connectivity index (χ0n) is 13.4. The molecular weight excluding hydrogens is 313 g/mol. The summed E-state index contributed by atoms with van der Waals surface area (Å²) in [5, 5.41) is 13.0. The first-order valence-electron chi connectivity index (χ1n) is 7.85. The van der Waals surface area contributed by atoms with E-state index in [0.29, 0.717) is 12.8 Å². The van der Waals surface area contributed by atoms with Crippen LogP contribution in [0, 0.1) is 11.7 Å². The van der Waals surface area contributed by atoms with Crippen LogP contribution in [-0.2, 0) is 6.54 Å². The highest BCUT2D eigenvalue weighted by molar-refractivity contribution is 5.97. The number of aromatic nitrogens is 2. The number of aliphatic hydroxyl groups excluding tert-OH is 1. The Morgan fingerprint density at radius 2 is 2.33 bits per heavy atom. The van der Waals surface area contributed by atoms with Crippen LogP contribution in [-0.4, -0.2) is 39.8 Å². The Kier molecular flexibility index (Phi) is 4.80. The Morgan fingerprint density at radius 3 is 3.04 bits per heavy atom. The maximum absolute atomic E-state index is 14.0. The van der Waals surface area contributed by atoms with Gasteiger partial charge < -0.3 is 19.7 Å². The summed E-state index contributed by atoms with van der Waals surface area (Å²) in [5.41, 5.74) is -0.134. The zero-order valence-corrected chi connectivity index (χ0v) is 13.4. The first-order valence-corrected chi connectivity index (χ1v) is 7.85. The van der Waals surface area contributed by atoms with Crippen LogP contribution in [0.25, 0.3) is 0 Å². The molecular formula is C17H20FN3O3. The van der Waals surface area contributed by atoms with Crippen LogP contribution in [0.3, 0.4) is 0 Å². The molecule has 1 aromatic heterocycles. The average molecular weight is 333 g/mol. The minimum Gasteiger partial charge on any atom is -0.496 e. The third-order valence-corrected chi connectivity index (χ3v) is 4.39. The predicted octanol–water partition coefficient (Wildman–Crippen LogP) is 1.60. The molecule has 0 saturated heterocycles. The summed E-state index contributed by atoms with van der Waals surface area (Å²) < 4.78 is 21.0. The number of carbonyl (C=O) groups excluding carboxylic acids is 1. The Labute approximate surface area is 139 Å². The maximum Gasteiger partial charge on any atom is 0.258 e. The highest BCUT2D eigenvalue weighted by Gasteiger charge is 2.35. The van der Waals surface area contributed by atoms with E-state index in [0.717, 1.165) is 6.54 Å². The van der Waals surface area contributed by atoms with Crippen molar-refractivity contribution in [3.8, 4) is 5.75 Å². The van der Waals surface area contributed by atoms with Gasteiger partial charge in [-0.2, -0.15) is 0 Å². The SMILES string of the molecule is COc1cccc(F)c1C(=O)N[C@@H]1CC(Cn2ccnc2)C[C@H]1O. The van der Waals surface area contributed by atoms with Crippen LogP contribution >= 0.6 is 0 Å². The number of hydrogen-bond donors (Lipinski definition) is 2. The van der Waals surface area contributed by atoms with Crippen molar-refractivity contribution in [1.29, 1.82) is 0 Å². The smallest absolute Gasteiger partial charge is 0.258 e. The second-order valence-electron chi connectivity index (χ2n) is 6.06. The number of hydrogen-bond acceptors (Lipinski definition) is 4. The number of aliphatic hydroxyl groups is 1. The molecule has 0 spiro atoms. The summed E-state index contributed by atoms with van der Waals surface area (Å²) in [6.45, 7) is 0.729. The molecule has 128 valence electrons. The van der Waals surface area contributed by atoms with Crippen molar-refractivity contribution in [2.45, 2.75) is 31.5 Å². The molecule has 1 fully saturated rings. The summed E-state index contributed by atoms with van der Waals surface area (Å²) in [7, 11) is 1.39. The third kappa shape index (κ3) is 3.41. The van der Waals surface area contributed by atoms with Crippen molar-refractivity contribution >= 4 is 5.91 Å². The lowest BCUT2D eigenvalue weighted by atomic mass is 10.1. The molecule has 24 heavy (non-hydrogen) atoms. The summed E-state index contributed by atoms with van der Waals surface area (Å²) in [4.78, 5) is 16.4. The Morgan fingerprint density at radius 1 is 1.50 bits per heavy atom. The van der Waals surface area contributed by atoms with E-state index in [1.807, 2.05) is 10.8 Å². The van der Waals surface area contributed by atoms with Gasteiger partial charge in [0, 0.05) is 18.9 Å². The lowest BCUT2D eigenvalue weighted by Crippen LogP contribution is -2.40. The summed E-state index contributed by atoms with van der Waals surface area (Å²) in [6, 6.07) is 3.82. The molecule has 1 amide bonds. The molecule has 1 aliphatic carbocycles. The van der Waals surface area contributed by atoms with Gasteiger partial charge >= 0.3 is 0 Å². The maximum atomic E-state index is 14.0. The third-order valence-electron chi connectivity index (χ3n) is 4.39. The van der Waals surface area contributed by atoms with E-state index in [4.69, 9.17) is 4.74 Å². The number of ether oxygens (including phenoxy) is 1. The van der Waals surface area contributed by atoms with Gasteiger partial charge in [-0.3, -0.25) is 4.79 Å². The quantitative estimate of drug-likeness (QED) is 0.871. The molecule has 1 heterocycles. The number of halogens is 1. The molecule has 3 atom stereocenters. The minimum absolute atomic E-state index is 0.134. The molecule has 1 unspecified atom stereocenters. The van der Waals surface area contributed by atoms with Gasteiger partial charge in [-0.15, -0.1) is 0 Å². The monoisotopic (exact) mass is 333 g/mol. The molecule has 0 aliphatic heterocycles. The lowest BCUT2D eigenvalue weighted by Gasteiger charge is -2.18. The largest absolute Gasteiger partial charge is 0.496 e. The first kappa shape index (κ1) is 16.4. The molecule has 1 aromatic carbocycles. The number of rotatable bonds is 5. The Balaban J connectivity index is 1.66. The van der Waals surface area contributed by atoms with E-state index < -0.39 is 23.9 Å². The van der Waals surface area contributed by atoms with Gasteiger partial charge in [0.2, 0.25) is 0 Å². The van der Waals surface area contributed by atoms with Gasteiger partial charge in [0.25, 0.3) is 5.91 Å². The minimum atomic E-state index is -0.653. The number of nitrogens with zero attached hydrogens (tertiary/aromatic N) is 2. The topological polar surface area (TPSA) is 76.4 Å². The van der Waals surface area contributed by atoms with E-state index in [1.165, 1.54) is 25.3 Å². The number of nitrogens with one attached hydrogen (secondary N) is 1. The molecule has 2 aromatic rings. The van der Waals surface area contributed by atoms with Gasteiger partial charge in [-0.25, -0.2) is 9.37 Å². The van der Waals surface area contributed by atoms with Crippen molar-refractivity contribution < 1.29 is 19.0 Å².